The molecule has 0 aliphatic heterocycles. The Morgan fingerprint density at radius 3 is 2.89 bits per heavy atom. The molecule has 2 N–H and O–H groups in total. The minimum Gasteiger partial charge on any atom is -0.384 e. The molecule has 0 fully saturated rings. The molecule has 0 aliphatic rings. The Morgan fingerprint density at radius 1 is 1.53 bits per heavy atom. The van der Waals surface area contributed by atoms with Crippen LogP contribution in [0.3, 0.4) is 0 Å². The van der Waals surface area contributed by atoms with Crippen molar-refractivity contribution in [3.8, 4) is 11.8 Å². The summed E-state index contributed by atoms with van der Waals surface area (Å²) in [5.41, 5.74) is 2.22. The summed E-state index contributed by atoms with van der Waals surface area (Å²) in [6, 6.07) is 5.54. The Kier molecular flexibility index (Phi) is 6.48. The predicted octanol–water partition coefficient (Wildman–Crippen LogP) is 1.82. The number of hydrogen-bond donors (Lipinski definition) is 2. The Bertz CT molecular complexity index is 503. The Morgan fingerprint density at radius 2 is 2.26 bits per heavy atom. The van der Waals surface area contributed by atoms with Crippen LogP contribution in [-0.4, -0.2) is 35.7 Å². The zero-order chi connectivity index (χ0) is 14.3. The third-order valence-corrected chi connectivity index (χ3v) is 3.65. The lowest BCUT2D eigenvalue weighted by atomic mass is 10.0. The summed E-state index contributed by atoms with van der Waals surface area (Å²) in [6.07, 6.45) is 2.02. The minimum atomic E-state index is -0.210. The van der Waals surface area contributed by atoms with Crippen molar-refractivity contribution in [2.75, 3.05) is 19.4 Å². The molecule has 0 heterocycles. The van der Waals surface area contributed by atoms with E-state index in [-0.39, 0.29) is 12.5 Å². The number of aliphatic hydroxyl groups is 1. The molecule has 1 aromatic carbocycles. The van der Waals surface area contributed by atoms with Crippen molar-refractivity contribution in [3.05, 3.63) is 34.9 Å². The van der Waals surface area contributed by atoms with Crippen LogP contribution in [0.4, 0.5) is 0 Å². The van der Waals surface area contributed by atoms with Gasteiger partial charge in [0.15, 0.2) is 0 Å². The molecule has 1 unspecified atom stereocenters. The topological polar surface area (TPSA) is 49.3 Å². The standard InChI is InChI=1S/C15H19NO2S/c1-11-6-7-13(5-4-8-17)14(9-11)15(18)16-10-12(2)19-3/h6-7,9,12,17H,8,10H2,1-3H3,(H,16,18). The number of nitrogens with one attached hydrogen (secondary N) is 1. The summed E-state index contributed by atoms with van der Waals surface area (Å²) < 4.78 is 0. The molecule has 0 aromatic heterocycles. The lowest BCUT2D eigenvalue weighted by Gasteiger charge is -2.11. The maximum Gasteiger partial charge on any atom is 0.252 e. The summed E-state index contributed by atoms with van der Waals surface area (Å²) in [6.45, 7) is 4.41. The molecule has 19 heavy (non-hydrogen) atoms. The zero-order valence-electron chi connectivity index (χ0n) is 11.5. The fraction of sp³-hybridized carbons (Fsp3) is 0.400. The van der Waals surface area contributed by atoms with Gasteiger partial charge >= 0.3 is 0 Å². The molecular weight excluding hydrogens is 258 g/mol. The van der Waals surface area contributed by atoms with E-state index in [2.05, 4.69) is 24.1 Å². The zero-order valence-corrected chi connectivity index (χ0v) is 12.3. The van der Waals surface area contributed by atoms with E-state index in [0.29, 0.717) is 22.9 Å². The van der Waals surface area contributed by atoms with Gasteiger partial charge < -0.3 is 10.4 Å². The molecule has 0 spiro atoms. The first kappa shape index (κ1) is 15.6. The average molecular weight is 277 g/mol. The second-order valence-electron chi connectivity index (χ2n) is 4.27. The van der Waals surface area contributed by atoms with E-state index in [1.807, 2.05) is 31.4 Å². The average Bonchev–Trinajstić information content (AvgIpc) is 2.42. The quantitative estimate of drug-likeness (QED) is 0.825. The molecule has 0 saturated carbocycles. The number of carbonyl (C=O) groups is 1. The van der Waals surface area contributed by atoms with Gasteiger partial charge in [-0.3, -0.25) is 4.79 Å². The Hall–Kier alpha value is -1.44. The number of hydrogen-bond acceptors (Lipinski definition) is 3. The molecule has 3 nitrogen and oxygen atoms in total. The summed E-state index contributed by atoms with van der Waals surface area (Å²) in [4.78, 5) is 12.2. The summed E-state index contributed by atoms with van der Waals surface area (Å²) >= 11 is 1.71. The van der Waals surface area contributed by atoms with E-state index >= 15 is 0 Å². The fourth-order valence-electron chi connectivity index (χ4n) is 1.50. The normalized spacial score (nSPS) is 11.4. The maximum absolute atomic E-state index is 12.2. The van der Waals surface area contributed by atoms with Crippen molar-refractivity contribution in [1.29, 1.82) is 0 Å². The molecule has 102 valence electrons. The maximum atomic E-state index is 12.2. The molecule has 1 aromatic rings. The third-order valence-electron chi connectivity index (χ3n) is 2.67. The lowest BCUT2D eigenvalue weighted by Crippen LogP contribution is -2.29. The summed E-state index contributed by atoms with van der Waals surface area (Å²) in [5, 5.41) is 12.0. The number of aliphatic hydroxyl groups excluding tert-OH is 1. The first-order chi connectivity index (χ1) is 9.08. The number of thioether (sulfide) groups is 1. The summed E-state index contributed by atoms with van der Waals surface area (Å²) in [5.74, 6) is 5.26. The van der Waals surface area contributed by atoms with Gasteiger partial charge in [0.1, 0.15) is 6.61 Å². The molecule has 0 radical (unpaired) electrons. The van der Waals surface area contributed by atoms with Gasteiger partial charge in [0.2, 0.25) is 0 Å². The van der Waals surface area contributed by atoms with E-state index < -0.39 is 0 Å². The van der Waals surface area contributed by atoms with Crippen LogP contribution in [0.25, 0.3) is 0 Å². The van der Waals surface area contributed by atoms with Crippen molar-refractivity contribution in [2.24, 2.45) is 0 Å². The highest BCUT2D eigenvalue weighted by atomic mass is 32.2. The monoisotopic (exact) mass is 277 g/mol. The van der Waals surface area contributed by atoms with Crippen molar-refractivity contribution in [3.63, 3.8) is 0 Å². The van der Waals surface area contributed by atoms with E-state index in [1.54, 1.807) is 11.8 Å². The molecule has 1 rings (SSSR count). The number of benzene rings is 1. The highest BCUT2D eigenvalue weighted by Gasteiger charge is 2.11. The van der Waals surface area contributed by atoms with Crippen molar-refractivity contribution in [2.45, 2.75) is 19.1 Å². The number of aryl methyl sites for hydroxylation is 1. The summed E-state index contributed by atoms with van der Waals surface area (Å²) in [7, 11) is 0. The van der Waals surface area contributed by atoms with E-state index in [0.717, 1.165) is 5.56 Å². The van der Waals surface area contributed by atoms with E-state index in [1.165, 1.54) is 0 Å². The van der Waals surface area contributed by atoms with Gasteiger partial charge in [-0.15, -0.1) is 0 Å². The van der Waals surface area contributed by atoms with Crippen LogP contribution >= 0.6 is 11.8 Å². The van der Waals surface area contributed by atoms with Gasteiger partial charge in [-0.2, -0.15) is 11.8 Å². The Balaban J connectivity index is 2.90. The molecule has 1 amide bonds. The van der Waals surface area contributed by atoms with Crippen molar-refractivity contribution < 1.29 is 9.90 Å². The smallest absolute Gasteiger partial charge is 0.252 e. The second-order valence-corrected chi connectivity index (χ2v) is 5.54. The van der Waals surface area contributed by atoms with Gasteiger partial charge in [-0.05, 0) is 25.3 Å². The van der Waals surface area contributed by atoms with Crippen LogP contribution < -0.4 is 5.32 Å². The second kappa shape index (κ2) is 7.88. The molecule has 4 heteroatoms. The number of rotatable bonds is 4. The number of carbonyl (C=O) groups excluding carboxylic acids is 1. The first-order valence-corrected chi connectivity index (χ1v) is 7.38. The van der Waals surface area contributed by atoms with Crippen molar-refractivity contribution in [1.82, 2.24) is 5.32 Å². The van der Waals surface area contributed by atoms with Gasteiger partial charge in [-0.25, -0.2) is 0 Å². The molecule has 0 bridgehead atoms. The fourth-order valence-corrected chi connectivity index (χ4v) is 1.75. The molecular formula is C15H19NO2S. The largest absolute Gasteiger partial charge is 0.384 e. The van der Waals surface area contributed by atoms with E-state index in [9.17, 15) is 4.79 Å². The third kappa shape index (κ3) is 4.98. The van der Waals surface area contributed by atoms with Crippen LogP contribution in [0.5, 0.6) is 0 Å². The Labute approximate surface area is 118 Å². The lowest BCUT2D eigenvalue weighted by molar-refractivity contribution is 0.0954. The highest BCUT2D eigenvalue weighted by Crippen LogP contribution is 2.11. The SMILES string of the molecule is CSC(C)CNC(=O)c1cc(C)ccc1C#CCO. The van der Waals surface area contributed by atoms with Gasteiger partial charge in [-0.1, -0.05) is 30.4 Å². The van der Waals surface area contributed by atoms with Crippen molar-refractivity contribution >= 4 is 17.7 Å². The molecule has 0 saturated heterocycles. The van der Waals surface area contributed by atoms with Crippen LogP contribution in [0.2, 0.25) is 0 Å². The van der Waals surface area contributed by atoms with Gasteiger partial charge in [0.25, 0.3) is 5.91 Å². The van der Waals surface area contributed by atoms with E-state index in [4.69, 9.17) is 5.11 Å². The number of amides is 1. The van der Waals surface area contributed by atoms with Crippen LogP contribution in [-0.2, 0) is 0 Å². The van der Waals surface area contributed by atoms with Crippen LogP contribution in [0, 0.1) is 18.8 Å². The van der Waals surface area contributed by atoms with Crippen LogP contribution in [0.1, 0.15) is 28.4 Å². The predicted molar refractivity (Wildman–Crippen MR) is 80.5 cm³/mol. The van der Waals surface area contributed by atoms with Gasteiger partial charge in [0.05, 0.1) is 5.56 Å². The van der Waals surface area contributed by atoms with Gasteiger partial charge in [0, 0.05) is 17.4 Å². The first-order valence-electron chi connectivity index (χ1n) is 6.10. The minimum absolute atomic E-state index is 0.119. The molecule has 0 aliphatic carbocycles. The van der Waals surface area contributed by atoms with Crippen LogP contribution in [0.15, 0.2) is 18.2 Å². The molecule has 1 atom stereocenters. The highest BCUT2D eigenvalue weighted by molar-refractivity contribution is 7.99.